The summed E-state index contributed by atoms with van der Waals surface area (Å²) in [6, 6.07) is 23.4. The summed E-state index contributed by atoms with van der Waals surface area (Å²) in [6.07, 6.45) is 2.38. The van der Waals surface area contributed by atoms with Crippen LogP contribution in [0.2, 0.25) is 5.04 Å². The second-order valence-corrected chi connectivity index (χ2v) is 14.5. The van der Waals surface area contributed by atoms with E-state index >= 15 is 0 Å². The molecule has 2 unspecified atom stereocenters. The molecule has 1 saturated carbocycles. The number of thiophene rings is 1. The van der Waals surface area contributed by atoms with E-state index in [4.69, 9.17) is 4.43 Å². The minimum Gasteiger partial charge on any atom is -0.400 e. The third kappa shape index (κ3) is 4.12. The highest BCUT2D eigenvalue weighted by atomic mass is 32.1. The van der Waals surface area contributed by atoms with Gasteiger partial charge in [-0.3, -0.25) is 4.79 Å². The molecule has 1 aromatic heterocycles. The predicted molar refractivity (Wildman–Crippen MR) is 134 cm³/mol. The number of hydrogen-bond donors (Lipinski definition) is 0. The molecule has 160 valence electrons. The Labute approximate surface area is 190 Å². The third-order valence-corrected chi connectivity index (χ3v) is 12.0. The lowest BCUT2D eigenvalue weighted by Gasteiger charge is -2.45. The lowest BCUT2D eigenvalue weighted by atomic mass is 10.1. The average molecular weight is 447 g/mol. The summed E-state index contributed by atoms with van der Waals surface area (Å²) >= 11 is 1.65. The van der Waals surface area contributed by atoms with Crippen molar-refractivity contribution in [3.05, 3.63) is 88.6 Å². The molecule has 1 aliphatic rings. The second kappa shape index (κ2) is 8.70. The zero-order valence-corrected chi connectivity index (χ0v) is 20.5. The molecule has 0 radical (unpaired) electrons. The smallest absolute Gasteiger partial charge is 0.261 e. The molecule has 1 fully saturated rings. The summed E-state index contributed by atoms with van der Waals surface area (Å²) < 4.78 is 7.33. The van der Waals surface area contributed by atoms with Gasteiger partial charge in [-0.15, -0.1) is 0 Å². The Morgan fingerprint density at radius 2 is 1.55 bits per heavy atom. The highest BCUT2D eigenvalue weighted by molar-refractivity contribution is 7.08. The number of carbonyl (C=O) groups excluding carboxylic acids is 1. The Morgan fingerprint density at radius 1 is 0.968 bits per heavy atom. The average Bonchev–Trinajstić information content (AvgIpc) is 3.35. The Bertz CT molecular complexity index is 1010. The van der Waals surface area contributed by atoms with E-state index in [2.05, 4.69) is 99.8 Å². The summed E-state index contributed by atoms with van der Waals surface area (Å²) in [4.78, 5) is 13.0. The van der Waals surface area contributed by atoms with E-state index < -0.39 is 8.32 Å². The quantitative estimate of drug-likeness (QED) is 0.372. The topological polar surface area (TPSA) is 26.3 Å². The summed E-state index contributed by atoms with van der Waals surface area (Å²) in [6.45, 7) is 8.99. The maximum atomic E-state index is 13.0. The molecular weight excluding hydrogens is 416 g/mol. The van der Waals surface area contributed by atoms with Crippen molar-refractivity contribution in [3.8, 4) is 0 Å². The van der Waals surface area contributed by atoms with Crippen LogP contribution in [0.15, 0.2) is 83.1 Å². The number of benzene rings is 2. The molecule has 1 aliphatic carbocycles. The van der Waals surface area contributed by atoms with Crippen LogP contribution in [0, 0.1) is 5.92 Å². The zero-order valence-electron chi connectivity index (χ0n) is 18.7. The maximum Gasteiger partial charge on any atom is 0.261 e. The minimum atomic E-state index is -2.72. The molecule has 0 aliphatic heterocycles. The Balaban J connectivity index is 1.89. The zero-order chi connectivity index (χ0) is 22.1. The first kappa shape index (κ1) is 21.9. The van der Waals surface area contributed by atoms with E-state index in [-0.39, 0.29) is 22.8 Å². The molecule has 0 N–H and O–H groups in total. The molecule has 0 amide bonds. The van der Waals surface area contributed by atoms with Crippen LogP contribution in [0.1, 0.15) is 39.7 Å². The lowest BCUT2D eigenvalue weighted by molar-refractivity contribution is -0.114. The van der Waals surface area contributed by atoms with Gasteiger partial charge in [0.2, 0.25) is 0 Å². The first-order valence-corrected chi connectivity index (χ1v) is 13.7. The number of carbonyl (C=O) groups is 1. The molecule has 2 nitrogen and oxygen atoms in total. The van der Waals surface area contributed by atoms with Crippen molar-refractivity contribution in [2.24, 2.45) is 5.92 Å². The first-order valence-electron chi connectivity index (χ1n) is 10.9. The van der Waals surface area contributed by atoms with Crippen LogP contribution >= 0.6 is 11.3 Å². The van der Waals surface area contributed by atoms with Crippen LogP contribution in [-0.2, 0) is 9.22 Å². The van der Waals surface area contributed by atoms with Crippen LogP contribution in [-0.4, -0.2) is 20.2 Å². The van der Waals surface area contributed by atoms with Gasteiger partial charge in [0.1, 0.15) is 0 Å². The molecule has 3 aromatic rings. The Morgan fingerprint density at radius 3 is 2.03 bits per heavy atom. The number of rotatable bonds is 5. The van der Waals surface area contributed by atoms with E-state index in [9.17, 15) is 4.79 Å². The fourth-order valence-corrected chi connectivity index (χ4v) is 10.1. The molecule has 2 atom stereocenters. The van der Waals surface area contributed by atoms with Gasteiger partial charge in [-0.2, -0.15) is 11.3 Å². The van der Waals surface area contributed by atoms with Crippen molar-refractivity contribution >= 4 is 41.9 Å². The highest BCUT2D eigenvalue weighted by Gasteiger charge is 2.53. The van der Waals surface area contributed by atoms with E-state index in [1.54, 1.807) is 11.3 Å². The maximum absolute atomic E-state index is 13.0. The van der Waals surface area contributed by atoms with Gasteiger partial charge in [0.15, 0.2) is 5.78 Å². The fourth-order valence-electron chi connectivity index (χ4n) is 4.74. The fraction of sp³-hybridized carbons (Fsp3) is 0.296. The van der Waals surface area contributed by atoms with E-state index in [0.717, 1.165) is 11.1 Å². The van der Waals surface area contributed by atoms with E-state index in [0.29, 0.717) is 6.42 Å². The monoisotopic (exact) mass is 446 g/mol. The van der Waals surface area contributed by atoms with Crippen molar-refractivity contribution in [1.82, 2.24) is 0 Å². The van der Waals surface area contributed by atoms with E-state index in [1.165, 1.54) is 10.4 Å². The second-order valence-electron chi connectivity index (χ2n) is 9.46. The van der Waals surface area contributed by atoms with Gasteiger partial charge >= 0.3 is 0 Å². The van der Waals surface area contributed by atoms with Gasteiger partial charge < -0.3 is 4.43 Å². The molecule has 0 spiro atoms. The third-order valence-electron chi connectivity index (χ3n) is 6.24. The minimum absolute atomic E-state index is 0.117. The molecular formula is C27H30O2SSi. The summed E-state index contributed by atoms with van der Waals surface area (Å²) in [5, 5.41) is 6.51. The summed E-state index contributed by atoms with van der Waals surface area (Å²) in [5.74, 6) is 0.362. The van der Waals surface area contributed by atoms with Crippen LogP contribution in [0.4, 0.5) is 0 Å². The molecule has 0 saturated heterocycles. The van der Waals surface area contributed by atoms with Gasteiger partial charge in [0.25, 0.3) is 8.32 Å². The molecule has 1 heterocycles. The Hall–Kier alpha value is -2.27. The van der Waals surface area contributed by atoms with Gasteiger partial charge in [-0.25, -0.2) is 0 Å². The summed E-state index contributed by atoms with van der Waals surface area (Å²) in [7, 11) is -2.72. The lowest BCUT2D eigenvalue weighted by Crippen LogP contribution is -2.68. The molecule has 2 aromatic carbocycles. The number of hydrogen-bond acceptors (Lipinski definition) is 3. The SMILES string of the molecule is CC1CC(=O)C(=Cc2ccsc2)C1O[Si](c1ccccc1)(c1ccccc1)C(C)(C)C. The highest BCUT2D eigenvalue weighted by Crippen LogP contribution is 2.42. The number of Topliss-reactive ketones (excluding diaryl/α,β-unsaturated/α-hetero) is 1. The molecule has 0 bridgehead atoms. The van der Waals surface area contributed by atoms with Gasteiger partial charge in [0.05, 0.1) is 6.10 Å². The van der Waals surface area contributed by atoms with Crippen molar-refractivity contribution in [2.45, 2.75) is 45.3 Å². The number of ketones is 1. The van der Waals surface area contributed by atoms with Gasteiger partial charge in [0, 0.05) is 12.0 Å². The summed E-state index contributed by atoms with van der Waals surface area (Å²) in [5.41, 5.74) is 1.90. The van der Waals surface area contributed by atoms with Gasteiger partial charge in [-0.1, -0.05) is 88.4 Å². The van der Waals surface area contributed by atoms with Crippen LogP contribution < -0.4 is 10.4 Å². The van der Waals surface area contributed by atoms with Crippen molar-refractivity contribution < 1.29 is 9.22 Å². The predicted octanol–water partition coefficient (Wildman–Crippen LogP) is 5.69. The van der Waals surface area contributed by atoms with Crippen LogP contribution in [0.3, 0.4) is 0 Å². The molecule has 4 heteroatoms. The largest absolute Gasteiger partial charge is 0.400 e. The normalized spacial score (nSPS) is 21.0. The molecule has 4 rings (SSSR count). The molecule has 31 heavy (non-hydrogen) atoms. The van der Waals surface area contributed by atoms with Crippen molar-refractivity contribution in [1.29, 1.82) is 0 Å². The Kier molecular flexibility index (Phi) is 6.15. The van der Waals surface area contributed by atoms with Gasteiger partial charge in [-0.05, 0) is 49.8 Å². The van der Waals surface area contributed by atoms with Crippen LogP contribution in [0.25, 0.3) is 6.08 Å². The van der Waals surface area contributed by atoms with Crippen molar-refractivity contribution in [2.75, 3.05) is 0 Å². The van der Waals surface area contributed by atoms with Crippen molar-refractivity contribution in [3.63, 3.8) is 0 Å². The first-order chi connectivity index (χ1) is 14.8. The van der Waals surface area contributed by atoms with Crippen LogP contribution in [0.5, 0.6) is 0 Å². The van der Waals surface area contributed by atoms with E-state index in [1.807, 2.05) is 11.5 Å². The standard InChI is InChI=1S/C27H30O2SSi/c1-20-17-25(28)24(18-21-15-16-30-19-21)26(20)29-31(27(2,3)4,22-11-7-5-8-12-22)23-13-9-6-10-14-23/h5-16,18-20,26H,17H2,1-4H3.